The Bertz CT molecular complexity index is 736. The fraction of sp³-hybridized carbons (Fsp3) is 0.0714. The van der Waals surface area contributed by atoms with Crippen LogP contribution in [0, 0.1) is 0 Å². The number of hydrogen-bond donors (Lipinski definition) is 1. The molecule has 5 nitrogen and oxygen atoms in total. The van der Waals surface area contributed by atoms with Crippen LogP contribution in [0.3, 0.4) is 0 Å². The molecular formula is C14H11N3O2. The van der Waals surface area contributed by atoms with Crippen LogP contribution in [-0.4, -0.2) is 25.8 Å². The molecule has 1 aromatic carbocycles. The molecule has 94 valence electrons. The maximum atomic E-state index is 10.8. The summed E-state index contributed by atoms with van der Waals surface area (Å²) in [6.07, 6.45) is 3.41. The third-order valence-electron chi connectivity index (χ3n) is 2.83. The second-order valence-corrected chi connectivity index (χ2v) is 4.17. The fourth-order valence-corrected chi connectivity index (χ4v) is 2.06. The predicted octanol–water partition coefficient (Wildman–Crippen LogP) is 2.05. The first-order valence-electron chi connectivity index (χ1n) is 5.84. The Morgan fingerprint density at radius 2 is 2.11 bits per heavy atom. The highest BCUT2D eigenvalue weighted by Crippen LogP contribution is 2.21. The Balaban J connectivity index is 2.25. The molecule has 0 aliphatic rings. The SMILES string of the molecule is O=C(O)Cc1cc(-n2cccn2)c2ccccc2n1. The van der Waals surface area contributed by atoms with Gasteiger partial charge in [-0.1, -0.05) is 18.2 Å². The van der Waals surface area contributed by atoms with Crippen molar-refractivity contribution in [2.75, 3.05) is 0 Å². The molecule has 0 radical (unpaired) electrons. The highest BCUT2D eigenvalue weighted by molar-refractivity contribution is 5.87. The molecule has 5 heteroatoms. The van der Waals surface area contributed by atoms with Crippen LogP contribution in [0.2, 0.25) is 0 Å². The molecule has 2 aromatic heterocycles. The summed E-state index contributed by atoms with van der Waals surface area (Å²) in [5, 5.41) is 14.0. The molecule has 0 unspecified atom stereocenters. The van der Waals surface area contributed by atoms with Gasteiger partial charge in [-0.15, -0.1) is 0 Å². The molecule has 2 heterocycles. The summed E-state index contributed by atoms with van der Waals surface area (Å²) in [5.41, 5.74) is 2.13. The van der Waals surface area contributed by atoms with Gasteiger partial charge in [0, 0.05) is 17.8 Å². The van der Waals surface area contributed by atoms with Crippen LogP contribution >= 0.6 is 0 Å². The van der Waals surface area contributed by atoms with Gasteiger partial charge < -0.3 is 5.11 Å². The van der Waals surface area contributed by atoms with Crippen LogP contribution in [0.4, 0.5) is 0 Å². The van der Waals surface area contributed by atoms with Crippen molar-refractivity contribution in [3.8, 4) is 5.69 Å². The van der Waals surface area contributed by atoms with E-state index >= 15 is 0 Å². The largest absolute Gasteiger partial charge is 0.481 e. The van der Waals surface area contributed by atoms with Crippen molar-refractivity contribution in [2.24, 2.45) is 0 Å². The van der Waals surface area contributed by atoms with Gasteiger partial charge in [-0.3, -0.25) is 9.78 Å². The third kappa shape index (κ3) is 2.18. The molecular weight excluding hydrogens is 242 g/mol. The second-order valence-electron chi connectivity index (χ2n) is 4.17. The van der Waals surface area contributed by atoms with Gasteiger partial charge in [0.05, 0.1) is 23.3 Å². The number of carboxylic acid groups (broad SMARTS) is 1. The molecule has 0 aliphatic heterocycles. The average Bonchev–Trinajstić information content (AvgIpc) is 2.90. The number of nitrogens with zero attached hydrogens (tertiary/aromatic N) is 3. The molecule has 3 rings (SSSR count). The van der Waals surface area contributed by atoms with Crippen LogP contribution in [0.1, 0.15) is 5.69 Å². The van der Waals surface area contributed by atoms with Crippen molar-refractivity contribution >= 4 is 16.9 Å². The Morgan fingerprint density at radius 1 is 1.26 bits per heavy atom. The summed E-state index contributed by atoms with van der Waals surface area (Å²) in [6.45, 7) is 0. The van der Waals surface area contributed by atoms with Gasteiger partial charge in [-0.05, 0) is 18.2 Å². The zero-order chi connectivity index (χ0) is 13.2. The maximum absolute atomic E-state index is 10.8. The lowest BCUT2D eigenvalue weighted by atomic mass is 10.1. The molecule has 0 spiro atoms. The first-order chi connectivity index (χ1) is 9.24. The summed E-state index contributed by atoms with van der Waals surface area (Å²) in [6, 6.07) is 11.2. The minimum absolute atomic E-state index is 0.0981. The zero-order valence-electron chi connectivity index (χ0n) is 10.0. The molecule has 0 fully saturated rings. The number of aromatic nitrogens is 3. The van der Waals surface area contributed by atoms with Gasteiger partial charge in [-0.25, -0.2) is 4.68 Å². The number of aliphatic carboxylic acids is 1. The lowest BCUT2D eigenvalue weighted by Gasteiger charge is -2.08. The summed E-state index contributed by atoms with van der Waals surface area (Å²) in [7, 11) is 0. The molecule has 1 N–H and O–H groups in total. The predicted molar refractivity (Wildman–Crippen MR) is 70.2 cm³/mol. The first kappa shape index (κ1) is 11.4. The number of para-hydroxylation sites is 1. The van der Waals surface area contributed by atoms with E-state index in [1.807, 2.05) is 36.5 Å². The standard InChI is InChI=1S/C14H11N3O2/c18-14(19)9-10-8-13(17-7-3-6-15-17)11-4-1-2-5-12(11)16-10/h1-8H,9H2,(H,18,19). The van der Waals surface area contributed by atoms with E-state index in [1.54, 1.807) is 16.9 Å². The Hall–Kier alpha value is -2.69. The summed E-state index contributed by atoms with van der Waals surface area (Å²) < 4.78 is 1.72. The minimum atomic E-state index is -0.894. The number of carbonyl (C=O) groups is 1. The molecule has 0 aliphatic carbocycles. The van der Waals surface area contributed by atoms with E-state index in [9.17, 15) is 4.79 Å². The van der Waals surface area contributed by atoms with E-state index in [1.165, 1.54) is 0 Å². The molecule has 0 bridgehead atoms. The molecule has 0 atom stereocenters. The number of hydrogen-bond acceptors (Lipinski definition) is 3. The van der Waals surface area contributed by atoms with Crippen molar-refractivity contribution in [1.29, 1.82) is 0 Å². The highest BCUT2D eigenvalue weighted by atomic mass is 16.4. The van der Waals surface area contributed by atoms with Crippen molar-refractivity contribution in [3.05, 3.63) is 54.5 Å². The van der Waals surface area contributed by atoms with Gasteiger partial charge in [-0.2, -0.15) is 5.10 Å². The van der Waals surface area contributed by atoms with Gasteiger partial charge in [0.25, 0.3) is 0 Å². The quantitative estimate of drug-likeness (QED) is 0.775. The van der Waals surface area contributed by atoms with E-state index in [4.69, 9.17) is 5.11 Å². The maximum Gasteiger partial charge on any atom is 0.309 e. The topological polar surface area (TPSA) is 68.0 Å². The van der Waals surface area contributed by atoms with Gasteiger partial charge in [0.15, 0.2) is 0 Å². The fourth-order valence-electron chi connectivity index (χ4n) is 2.06. The lowest BCUT2D eigenvalue weighted by Crippen LogP contribution is -2.05. The first-order valence-corrected chi connectivity index (χ1v) is 5.84. The monoisotopic (exact) mass is 253 g/mol. The minimum Gasteiger partial charge on any atom is -0.481 e. The Labute approximate surface area is 109 Å². The highest BCUT2D eigenvalue weighted by Gasteiger charge is 2.09. The normalized spacial score (nSPS) is 10.7. The molecule has 3 aromatic rings. The molecule has 0 amide bonds. The number of rotatable bonds is 3. The van der Waals surface area contributed by atoms with Crippen molar-refractivity contribution < 1.29 is 9.90 Å². The number of pyridine rings is 1. The van der Waals surface area contributed by atoms with Crippen molar-refractivity contribution in [1.82, 2.24) is 14.8 Å². The van der Waals surface area contributed by atoms with Crippen molar-refractivity contribution in [3.63, 3.8) is 0 Å². The number of benzene rings is 1. The van der Waals surface area contributed by atoms with Gasteiger partial charge in [0.2, 0.25) is 0 Å². The zero-order valence-corrected chi connectivity index (χ0v) is 10.0. The van der Waals surface area contributed by atoms with E-state index in [2.05, 4.69) is 10.1 Å². The van der Waals surface area contributed by atoms with Crippen LogP contribution in [0.5, 0.6) is 0 Å². The third-order valence-corrected chi connectivity index (χ3v) is 2.83. The van der Waals surface area contributed by atoms with Crippen LogP contribution in [-0.2, 0) is 11.2 Å². The van der Waals surface area contributed by atoms with E-state index < -0.39 is 5.97 Å². The van der Waals surface area contributed by atoms with E-state index in [-0.39, 0.29) is 6.42 Å². The molecule has 19 heavy (non-hydrogen) atoms. The van der Waals surface area contributed by atoms with E-state index in [0.29, 0.717) is 5.69 Å². The Morgan fingerprint density at radius 3 is 2.84 bits per heavy atom. The molecule has 0 saturated heterocycles. The van der Waals surface area contributed by atoms with Crippen LogP contribution in [0.15, 0.2) is 48.8 Å². The molecule has 0 saturated carbocycles. The average molecular weight is 253 g/mol. The van der Waals surface area contributed by atoms with Gasteiger partial charge in [0.1, 0.15) is 0 Å². The second kappa shape index (κ2) is 4.53. The van der Waals surface area contributed by atoms with Crippen LogP contribution < -0.4 is 0 Å². The van der Waals surface area contributed by atoms with E-state index in [0.717, 1.165) is 16.6 Å². The summed E-state index contributed by atoms with van der Waals surface area (Å²) in [5.74, 6) is -0.894. The number of fused-ring (bicyclic) bond motifs is 1. The Kier molecular flexibility index (Phi) is 2.72. The smallest absolute Gasteiger partial charge is 0.309 e. The number of carboxylic acids is 1. The van der Waals surface area contributed by atoms with Gasteiger partial charge >= 0.3 is 5.97 Å². The summed E-state index contributed by atoms with van der Waals surface area (Å²) >= 11 is 0. The summed E-state index contributed by atoms with van der Waals surface area (Å²) in [4.78, 5) is 15.2. The van der Waals surface area contributed by atoms with Crippen molar-refractivity contribution in [2.45, 2.75) is 6.42 Å². The lowest BCUT2D eigenvalue weighted by molar-refractivity contribution is -0.136. The van der Waals surface area contributed by atoms with Crippen LogP contribution in [0.25, 0.3) is 16.6 Å².